The van der Waals surface area contributed by atoms with Crippen molar-refractivity contribution >= 4 is 12.4 Å². The lowest BCUT2D eigenvalue weighted by molar-refractivity contribution is -0.00166. The lowest BCUT2D eigenvalue weighted by Gasteiger charge is -2.26. The first-order valence-corrected chi connectivity index (χ1v) is 11.1. The molecular formula is C22H48ClNO. The predicted molar refractivity (Wildman–Crippen MR) is 116 cm³/mol. The zero-order valence-corrected chi connectivity index (χ0v) is 18.4. The maximum atomic E-state index is 10.1. The van der Waals surface area contributed by atoms with Gasteiger partial charge in [0.25, 0.3) is 0 Å². The molecule has 3 heteroatoms. The number of nitrogens with one attached hydrogen (secondary N) is 1. The highest BCUT2D eigenvalue weighted by molar-refractivity contribution is 5.85. The van der Waals surface area contributed by atoms with Crippen LogP contribution in [0.5, 0.6) is 0 Å². The van der Waals surface area contributed by atoms with Crippen LogP contribution in [0.2, 0.25) is 0 Å². The smallest absolute Gasteiger partial charge is 0.115 e. The summed E-state index contributed by atoms with van der Waals surface area (Å²) < 4.78 is 0. The molecule has 0 aliphatic heterocycles. The molecule has 0 spiro atoms. The van der Waals surface area contributed by atoms with Crippen LogP contribution in [0, 0.1) is 0 Å². The minimum atomic E-state index is -0.629. The molecule has 0 fully saturated rings. The van der Waals surface area contributed by atoms with E-state index in [0.29, 0.717) is 0 Å². The maximum absolute atomic E-state index is 10.1. The van der Waals surface area contributed by atoms with Crippen LogP contribution >= 0.6 is 12.4 Å². The van der Waals surface area contributed by atoms with Crippen LogP contribution in [-0.2, 0) is 0 Å². The fourth-order valence-corrected chi connectivity index (χ4v) is 3.44. The minimum absolute atomic E-state index is 0. The van der Waals surface area contributed by atoms with Crippen molar-refractivity contribution in [2.75, 3.05) is 7.05 Å². The van der Waals surface area contributed by atoms with E-state index in [9.17, 15) is 5.11 Å². The summed E-state index contributed by atoms with van der Waals surface area (Å²) in [7, 11) is 1.86. The van der Waals surface area contributed by atoms with Gasteiger partial charge in [-0.3, -0.25) is 5.32 Å². The quantitative estimate of drug-likeness (QED) is 0.182. The van der Waals surface area contributed by atoms with Crippen molar-refractivity contribution in [2.24, 2.45) is 0 Å². The molecule has 1 atom stereocenters. The monoisotopic (exact) mass is 377 g/mol. The van der Waals surface area contributed by atoms with Gasteiger partial charge in [0.2, 0.25) is 0 Å². The average Bonchev–Trinajstić information content (AvgIpc) is 2.61. The van der Waals surface area contributed by atoms with Crippen molar-refractivity contribution in [1.29, 1.82) is 0 Å². The van der Waals surface area contributed by atoms with Crippen molar-refractivity contribution in [3.05, 3.63) is 0 Å². The highest BCUT2D eigenvalue weighted by Gasteiger charge is 2.20. The van der Waals surface area contributed by atoms with Crippen LogP contribution in [0.3, 0.4) is 0 Å². The number of rotatable bonds is 19. The molecule has 0 heterocycles. The molecule has 0 amide bonds. The van der Waals surface area contributed by atoms with E-state index in [-0.39, 0.29) is 12.4 Å². The van der Waals surface area contributed by atoms with Crippen molar-refractivity contribution in [3.8, 4) is 0 Å². The molecule has 0 aromatic rings. The lowest BCUT2D eigenvalue weighted by atomic mass is 10.0. The zero-order chi connectivity index (χ0) is 17.9. The molecule has 25 heavy (non-hydrogen) atoms. The largest absolute Gasteiger partial charge is 0.376 e. The van der Waals surface area contributed by atoms with Gasteiger partial charge in [-0.15, -0.1) is 12.4 Å². The topological polar surface area (TPSA) is 32.3 Å². The molecule has 0 radical (unpaired) electrons. The van der Waals surface area contributed by atoms with Crippen LogP contribution in [0.4, 0.5) is 0 Å². The SMILES string of the molecule is CCCCCCCCCCCCCCCCCCC(O)(CC)NC.Cl. The second-order valence-electron chi connectivity index (χ2n) is 7.69. The van der Waals surface area contributed by atoms with E-state index in [1.54, 1.807) is 0 Å². The Kier molecular flexibility index (Phi) is 22.5. The lowest BCUT2D eigenvalue weighted by Crippen LogP contribution is -2.41. The van der Waals surface area contributed by atoms with Gasteiger partial charge in [-0.05, 0) is 26.3 Å². The number of unbranched alkanes of at least 4 members (excludes halogenated alkanes) is 15. The second kappa shape index (κ2) is 20.5. The molecule has 2 N–H and O–H groups in total. The van der Waals surface area contributed by atoms with Gasteiger partial charge in [-0.1, -0.05) is 110 Å². The standard InChI is InChI=1S/C22H47NO.ClH/c1-4-6-7-8-9-10-11-12-13-14-15-16-17-18-19-20-21-22(24,5-2)23-3;/h23-24H,4-21H2,1-3H3;1H. The van der Waals surface area contributed by atoms with Gasteiger partial charge in [0.1, 0.15) is 5.72 Å². The van der Waals surface area contributed by atoms with Crippen LogP contribution in [-0.4, -0.2) is 17.9 Å². The summed E-state index contributed by atoms with van der Waals surface area (Å²) in [5.74, 6) is 0. The molecule has 0 bridgehead atoms. The Bertz CT molecular complexity index is 244. The molecule has 0 saturated heterocycles. The van der Waals surface area contributed by atoms with Gasteiger partial charge >= 0.3 is 0 Å². The Hall–Kier alpha value is 0.210. The van der Waals surface area contributed by atoms with Gasteiger partial charge in [-0.2, -0.15) is 0 Å². The Labute approximate surface area is 165 Å². The van der Waals surface area contributed by atoms with E-state index in [2.05, 4.69) is 12.2 Å². The Morgan fingerprint density at radius 2 is 0.920 bits per heavy atom. The summed E-state index contributed by atoms with van der Waals surface area (Å²) in [6.07, 6.45) is 24.0. The normalized spacial score (nSPS) is 13.4. The highest BCUT2D eigenvalue weighted by Crippen LogP contribution is 2.17. The third kappa shape index (κ3) is 18.8. The summed E-state index contributed by atoms with van der Waals surface area (Å²) in [5, 5.41) is 13.2. The van der Waals surface area contributed by atoms with Gasteiger partial charge < -0.3 is 5.11 Å². The first-order chi connectivity index (χ1) is 11.7. The summed E-state index contributed by atoms with van der Waals surface area (Å²) in [6, 6.07) is 0. The molecule has 0 rings (SSSR count). The third-order valence-corrected chi connectivity index (χ3v) is 5.49. The molecular weight excluding hydrogens is 330 g/mol. The summed E-state index contributed by atoms with van der Waals surface area (Å²) >= 11 is 0. The van der Waals surface area contributed by atoms with Crippen LogP contribution in [0.25, 0.3) is 0 Å². The molecule has 1 unspecified atom stereocenters. The summed E-state index contributed by atoms with van der Waals surface area (Å²) in [5.41, 5.74) is -0.629. The van der Waals surface area contributed by atoms with Crippen LogP contribution in [0.1, 0.15) is 129 Å². The average molecular weight is 378 g/mol. The maximum Gasteiger partial charge on any atom is 0.115 e. The predicted octanol–water partition coefficient (Wildman–Crippen LogP) is 7.38. The van der Waals surface area contributed by atoms with E-state index in [1.807, 2.05) is 14.0 Å². The van der Waals surface area contributed by atoms with E-state index >= 15 is 0 Å². The number of halogens is 1. The number of hydrogen-bond acceptors (Lipinski definition) is 2. The van der Waals surface area contributed by atoms with Gasteiger partial charge in [0, 0.05) is 0 Å². The van der Waals surface area contributed by atoms with E-state index in [1.165, 1.54) is 96.3 Å². The minimum Gasteiger partial charge on any atom is -0.376 e. The molecule has 0 aromatic heterocycles. The van der Waals surface area contributed by atoms with Gasteiger partial charge in [0.15, 0.2) is 0 Å². The van der Waals surface area contributed by atoms with Crippen molar-refractivity contribution in [3.63, 3.8) is 0 Å². The Morgan fingerprint density at radius 3 is 1.20 bits per heavy atom. The molecule has 0 saturated carbocycles. The van der Waals surface area contributed by atoms with E-state index in [4.69, 9.17) is 0 Å². The number of hydrogen-bond donors (Lipinski definition) is 2. The Balaban J connectivity index is 0. The first kappa shape index (κ1) is 27.4. The fourth-order valence-electron chi connectivity index (χ4n) is 3.44. The Morgan fingerprint density at radius 1 is 0.600 bits per heavy atom. The van der Waals surface area contributed by atoms with E-state index in [0.717, 1.165) is 19.3 Å². The molecule has 154 valence electrons. The van der Waals surface area contributed by atoms with Crippen molar-refractivity contribution in [1.82, 2.24) is 5.32 Å². The molecule has 0 aliphatic rings. The van der Waals surface area contributed by atoms with Gasteiger partial charge in [0.05, 0.1) is 0 Å². The van der Waals surface area contributed by atoms with Crippen molar-refractivity contribution in [2.45, 2.75) is 135 Å². The molecule has 2 nitrogen and oxygen atoms in total. The second-order valence-corrected chi connectivity index (χ2v) is 7.69. The van der Waals surface area contributed by atoms with Gasteiger partial charge in [-0.25, -0.2) is 0 Å². The zero-order valence-electron chi connectivity index (χ0n) is 17.6. The molecule has 0 aromatic carbocycles. The first-order valence-electron chi connectivity index (χ1n) is 11.1. The molecule has 0 aliphatic carbocycles. The highest BCUT2D eigenvalue weighted by atomic mass is 35.5. The summed E-state index contributed by atoms with van der Waals surface area (Å²) in [4.78, 5) is 0. The number of aliphatic hydroxyl groups is 1. The summed E-state index contributed by atoms with van der Waals surface area (Å²) in [6.45, 7) is 4.33. The fraction of sp³-hybridized carbons (Fsp3) is 1.00. The van der Waals surface area contributed by atoms with Crippen LogP contribution in [0.15, 0.2) is 0 Å². The van der Waals surface area contributed by atoms with E-state index < -0.39 is 5.72 Å². The van der Waals surface area contributed by atoms with Crippen LogP contribution < -0.4 is 5.32 Å². The van der Waals surface area contributed by atoms with Crippen molar-refractivity contribution < 1.29 is 5.11 Å². The third-order valence-electron chi connectivity index (χ3n) is 5.49.